The standard InChI is InChI=1S/C25H19Cl2N2O3/c1-16-11-12-20(14-21(16)25(31)32-27)29-15-18(13-17-7-5-6-10-22(17)29)23(26)24(30)28-19-8-3-2-4-9-19/h2-12,14H,1,13,15H2,(H,28,30). The SMILES string of the molecule is [CH2]c1ccc(N2CC(=C(Cl)C(=O)Nc3ccccc3)Cc3ccccc32)cc1C(=O)OCl. The van der Waals surface area contributed by atoms with E-state index in [2.05, 4.69) is 16.5 Å². The summed E-state index contributed by atoms with van der Waals surface area (Å²) in [7, 11) is 0. The smallest absolute Gasteiger partial charge is 0.343 e. The molecule has 1 aliphatic heterocycles. The number of carbonyl (C=O) groups is 2. The van der Waals surface area contributed by atoms with Crippen LogP contribution in [0.3, 0.4) is 0 Å². The van der Waals surface area contributed by atoms with Gasteiger partial charge in [0.25, 0.3) is 5.91 Å². The Hall–Kier alpha value is -3.28. The van der Waals surface area contributed by atoms with Gasteiger partial charge in [-0.25, -0.2) is 4.79 Å². The molecule has 4 rings (SSSR count). The molecule has 1 radical (unpaired) electrons. The van der Waals surface area contributed by atoms with Crippen LogP contribution < -0.4 is 10.2 Å². The predicted molar refractivity (Wildman–Crippen MR) is 127 cm³/mol. The minimum absolute atomic E-state index is 0.141. The minimum atomic E-state index is -0.681. The first-order valence-electron chi connectivity index (χ1n) is 9.86. The second-order valence-electron chi connectivity index (χ2n) is 7.34. The number of halogens is 2. The van der Waals surface area contributed by atoms with Crippen molar-refractivity contribution in [1.82, 2.24) is 0 Å². The van der Waals surface area contributed by atoms with Crippen LogP contribution in [0.5, 0.6) is 0 Å². The van der Waals surface area contributed by atoms with E-state index in [1.54, 1.807) is 24.3 Å². The maximum absolute atomic E-state index is 12.8. The van der Waals surface area contributed by atoms with Gasteiger partial charge in [0, 0.05) is 23.6 Å². The van der Waals surface area contributed by atoms with Gasteiger partial charge in [-0.05, 0) is 60.4 Å². The molecular formula is C25H19Cl2N2O3. The third-order valence-electron chi connectivity index (χ3n) is 5.27. The number of fused-ring (bicyclic) bond motifs is 1. The van der Waals surface area contributed by atoms with E-state index in [1.807, 2.05) is 53.4 Å². The fourth-order valence-corrected chi connectivity index (χ4v) is 3.95. The third-order valence-corrected chi connectivity index (χ3v) is 5.85. The van der Waals surface area contributed by atoms with E-state index in [4.69, 9.17) is 23.5 Å². The van der Waals surface area contributed by atoms with Crippen molar-refractivity contribution in [2.75, 3.05) is 16.8 Å². The van der Waals surface area contributed by atoms with Crippen LogP contribution in [0.1, 0.15) is 21.5 Å². The highest BCUT2D eigenvalue weighted by molar-refractivity contribution is 6.44. The van der Waals surface area contributed by atoms with E-state index in [0.29, 0.717) is 24.2 Å². The molecule has 32 heavy (non-hydrogen) atoms. The number of hydrogen-bond donors (Lipinski definition) is 1. The first-order valence-corrected chi connectivity index (χ1v) is 10.5. The number of benzene rings is 3. The summed E-state index contributed by atoms with van der Waals surface area (Å²) in [6, 6.07) is 22.2. The van der Waals surface area contributed by atoms with Crippen LogP contribution in [-0.4, -0.2) is 18.4 Å². The molecule has 0 aliphatic carbocycles. The molecule has 0 spiro atoms. The molecule has 0 unspecified atom stereocenters. The highest BCUT2D eigenvalue weighted by atomic mass is 35.5. The molecule has 0 saturated heterocycles. The van der Waals surface area contributed by atoms with E-state index in [-0.39, 0.29) is 16.5 Å². The van der Waals surface area contributed by atoms with Gasteiger partial charge in [-0.3, -0.25) is 4.79 Å². The average Bonchev–Trinajstić information content (AvgIpc) is 2.83. The van der Waals surface area contributed by atoms with Crippen LogP contribution in [0, 0.1) is 6.92 Å². The number of nitrogens with zero attached hydrogens (tertiary/aromatic N) is 1. The normalized spacial score (nSPS) is 14.4. The first-order chi connectivity index (χ1) is 15.5. The molecular weight excluding hydrogens is 447 g/mol. The van der Waals surface area contributed by atoms with E-state index in [9.17, 15) is 9.59 Å². The molecule has 1 amide bonds. The van der Waals surface area contributed by atoms with Crippen molar-refractivity contribution in [3.05, 3.63) is 107 Å². The second kappa shape index (κ2) is 9.47. The summed E-state index contributed by atoms with van der Waals surface area (Å²) in [6.45, 7) is 4.24. The van der Waals surface area contributed by atoms with Gasteiger partial charge < -0.3 is 14.5 Å². The van der Waals surface area contributed by atoms with E-state index < -0.39 is 5.97 Å². The Kier molecular flexibility index (Phi) is 6.49. The Morgan fingerprint density at radius 3 is 2.47 bits per heavy atom. The van der Waals surface area contributed by atoms with Crippen LogP contribution in [0.4, 0.5) is 17.1 Å². The van der Waals surface area contributed by atoms with Crippen molar-refractivity contribution < 1.29 is 13.9 Å². The quantitative estimate of drug-likeness (QED) is 0.479. The van der Waals surface area contributed by atoms with Gasteiger partial charge in [-0.15, -0.1) is 0 Å². The topological polar surface area (TPSA) is 58.6 Å². The highest BCUT2D eigenvalue weighted by Gasteiger charge is 2.26. The monoisotopic (exact) mass is 465 g/mol. The third kappa shape index (κ3) is 4.49. The van der Waals surface area contributed by atoms with Gasteiger partial charge in [0.05, 0.1) is 5.56 Å². The van der Waals surface area contributed by atoms with Crippen LogP contribution in [0.25, 0.3) is 0 Å². The molecule has 3 aromatic rings. The van der Waals surface area contributed by atoms with Crippen molar-refractivity contribution in [2.45, 2.75) is 6.42 Å². The maximum atomic E-state index is 12.8. The van der Waals surface area contributed by atoms with Crippen molar-refractivity contribution in [3.63, 3.8) is 0 Å². The predicted octanol–water partition coefficient (Wildman–Crippen LogP) is 6.01. The molecule has 0 aromatic heterocycles. The van der Waals surface area contributed by atoms with E-state index >= 15 is 0 Å². The fourth-order valence-electron chi connectivity index (χ4n) is 3.69. The summed E-state index contributed by atoms with van der Waals surface area (Å²) in [6.07, 6.45) is 0.539. The lowest BCUT2D eigenvalue weighted by atomic mass is 9.95. The van der Waals surface area contributed by atoms with Gasteiger partial charge in [-0.1, -0.05) is 54.1 Å². The van der Waals surface area contributed by atoms with E-state index in [1.165, 1.54) is 0 Å². The molecule has 1 N–H and O–H groups in total. The van der Waals surface area contributed by atoms with Gasteiger partial charge in [0.1, 0.15) is 16.9 Å². The number of amides is 1. The Morgan fingerprint density at radius 1 is 1.00 bits per heavy atom. The number of carbonyl (C=O) groups excluding carboxylic acids is 2. The van der Waals surface area contributed by atoms with Crippen LogP contribution >= 0.6 is 23.5 Å². The van der Waals surface area contributed by atoms with Gasteiger partial charge in [-0.2, -0.15) is 0 Å². The first kappa shape index (κ1) is 21.9. The number of hydrogen-bond acceptors (Lipinski definition) is 4. The fraction of sp³-hybridized carbons (Fsp3) is 0.0800. The number of rotatable bonds is 4. The highest BCUT2D eigenvalue weighted by Crippen LogP contribution is 2.37. The van der Waals surface area contributed by atoms with Crippen molar-refractivity contribution in [3.8, 4) is 0 Å². The average molecular weight is 466 g/mol. The summed E-state index contributed by atoms with van der Waals surface area (Å²) < 4.78 is 4.37. The second-order valence-corrected chi connectivity index (χ2v) is 7.87. The number of anilines is 3. The van der Waals surface area contributed by atoms with Crippen LogP contribution in [0.15, 0.2) is 83.4 Å². The Labute approximate surface area is 196 Å². The zero-order valence-electron chi connectivity index (χ0n) is 17.0. The largest absolute Gasteiger partial charge is 0.356 e. The van der Waals surface area contributed by atoms with Gasteiger partial charge >= 0.3 is 5.97 Å². The number of para-hydroxylation sites is 2. The summed E-state index contributed by atoms with van der Waals surface area (Å²) in [4.78, 5) is 26.8. The lowest BCUT2D eigenvalue weighted by Gasteiger charge is -2.33. The molecule has 0 atom stereocenters. The van der Waals surface area contributed by atoms with Gasteiger partial charge in [0.15, 0.2) is 0 Å². The molecule has 0 saturated carbocycles. The van der Waals surface area contributed by atoms with Crippen LogP contribution in [-0.2, 0) is 15.5 Å². The summed E-state index contributed by atoms with van der Waals surface area (Å²) in [5.74, 6) is -1.05. The lowest BCUT2D eigenvalue weighted by Crippen LogP contribution is -2.29. The van der Waals surface area contributed by atoms with Gasteiger partial charge in [0.2, 0.25) is 0 Å². The molecule has 3 aromatic carbocycles. The molecule has 1 aliphatic rings. The molecule has 5 nitrogen and oxygen atoms in total. The zero-order chi connectivity index (χ0) is 22.7. The molecule has 0 bridgehead atoms. The minimum Gasteiger partial charge on any atom is -0.343 e. The van der Waals surface area contributed by atoms with Crippen molar-refractivity contribution in [1.29, 1.82) is 0 Å². The summed E-state index contributed by atoms with van der Waals surface area (Å²) in [5, 5.41) is 2.97. The Balaban J connectivity index is 1.72. The summed E-state index contributed by atoms with van der Waals surface area (Å²) >= 11 is 11.8. The maximum Gasteiger partial charge on any atom is 0.356 e. The molecule has 7 heteroatoms. The Bertz CT molecular complexity index is 1210. The zero-order valence-corrected chi connectivity index (χ0v) is 18.5. The number of nitrogens with one attached hydrogen (secondary N) is 1. The Morgan fingerprint density at radius 2 is 1.72 bits per heavy atom. The summed E-state index contributed by atoms with van der Waals surface area (Å²) in [5.41, 5.74) is 4.90. The van der Waals surface area contributed by atoms with E-state index in [0.717, 1.165) is 22.5 Å². The molecule has 161 valence electrons. The van der Waals surface area contributed by atoms with Crippen molar-refractivity contribution in [2.24, 2.45) is 0 Å². The molecule has 0 fully saturated rings. The lowest BCUT2D eigenvalue weighted by molar-refractivity contribution is -0.112. The van der Waals surface area contributed by atoms with Crippen LogP contribution in [0.2, 0.25) is 0 Å². The van der Waals surface area contributed by atoms with Crippen molar-refractivity contribution >= 4 is 52.4 Å². The molecule has 1 heterocycles.